The van der Waals surface area contributed by atoms with Crippen LogP contribution in [0.2, 0.25) is 5.15 Å². The second-order valence-corrected chi connectivity index (χ2v) is 5.80. The number of ether oxygens (including phenoxy) is 1. The Hall–Kier alpha value is -1.92. The lowest BCUT2D eigenvalue weighted by molar-refractivity contribution is 0.103. The fraction of sp³-hybridized carbons (Fsp3) is 0.133. The van der Waals surface area contributed by atoms with Crippen molar-refractivity contribution >= 4 is 45.1 Å². The van der Waals surface area contributed by atoms with Gasteiger partial charge in [-0.3, -0.25) is 10.1 Å². The Morgan fingerprint density at radius 3 is 2.50 bits per heavy atom. The summed E-state index contributed by atoms with van der Waals surface area (Å²) in [7, 11) is 1.27. The minimum absolute atomic E-state index is 0.221. The van der Waals surface area contributed by atoms with Crippen molar-refractivity contribution in [1.82, 2.24) is 4.98 Å². The van der Waals surface area contributed by atoms with Crippen LogP contribution in [-0.4, -0.2) is 24.0 Å². The Kier molecular flexibility index (Phi) is 5.15. The van der Waals surface area contributed by atoms with Crippen molar-refractivity contribution < 1.29 is 14.3 Å². The number of nitrogens with zero attached hydrogens (tertiary/aromatic N) is 1. The maximum absolute atomic E-state index is 12.6. The molecule has 0 saturated carbocycles. The molecule has 1 amide bonds. The van der Waals surface area contributed by atoms with Gasteiger partial charge in [-0.2, -0.15) is 0 Å². The van der Waals surface area contributed by atoms with Gasteiger partial charge in [-0.05, 0) is 37.3 Å². The molecule has 0 aliphatic rings. The Bertz CT molecular complexity index is 729. The predicted molar refractivity (Wildman–Crippen MR) is 87.6 cm³/mol. The summed E-state index contributed by atoms with van der Waals surface area (Å²) in [6, 6.07) is 8.05. The van der Waals surface area contributed by atoms with Crippen LogP contribution in [0.1, 0.15) is 21.6 Å². The van der Waals surface area contributed by atoms with Crippen molar-refractivity contribution in [1.29, 1.82) is 0 Å². The highest BCUT2D eigenvalue weighted by atomic mass is 79.9. The van der Waals surface area contributed by atoms with Gasteiger partial charge in [0.2, 0.25) is 0 Å². The fourth-order valence-corrected chi connectivity index (χ4v) is 2.63. The second kappa shape index (κ2) is 6.89. The van der Waals surface area contributed by atoms with E-state index in [1.807, 2.05) is 0 Å². The first-order chi connectivity index (χ1) is 10.4. The van der Waals surface area contributed by atoms with Gasteiger partial charge in [0.15, 0.2) is 5.78 Å². The topological polar surface area (TPSA) is 68.3 Å². The molecule has 0 aliphatic heterocycles. The van der Waals surface area contributed by atoms with Crippen molar-refractivity contribution in [3.8, 4) is 0 Å². The lowest BCUT2D eigenvalue weighted by Gasteiger charge is -2.08. The predicted octanol–water partition coefficient (Wildman–Crippen LogP) is 4.22. The first-order valence-electron chi connectivity index (χ1n) is 6.23. The number of methoxy groups -OCH3 is 1. The highest BCUT2D eigenvalue weighted by Crippen LogP contribution is 2.23. The summed E-state index contributed by atoms with van der Waals surface area (Å²) < 4.78 is 5.19. The molecule has 1 aromatic carbocycles. The first-order valence-corrected chi connectivity index (χ1v) is 7.40. The summed E-state index contributed by atoms with van der Waals surface area (Å²) in [5.74, 6) is -0.221. The number of hydrogen-bond donors (Lipinski definition) is 1. The van der Waals surface area contributed by atoms with E-state index >= 15 is 0 Å². The maximum atomic E-state index is 12.6. The van der Waals surface area contributed by atoms with Crippen molar-refractivity contribution in [2.75, 3.05) is 12.4 Å². The van der Waals surface area contributed by atoms with E-state index in [2.05, 4.69) is 31.0 Å². The van der Waals surface area contributed by atoms with Crippen LogP contribution < -0.4 is 5.32 Å². The van der Waals surface area contributed by atoms with Gasteiger partial charge in [-0.1, -0.05) is 27.5 Å². The molecule has 7 heteroatoms. The zero-order valence-corrected chi connectivity index (χ0v) is 14.2. The highest BCUT2D eigenvalue weighted by Gasteiger charge is 2.13. The SMILES string of the molecule is COC(=O)Nc1cc(Br)cc(C(=O)c2cc(C)nc(Cl)c2)c1. The van der Waals surface area contributed by atoms with E-state index in [9.17, 15) is 9.59 Å². The van der Waals surface area contributed by atoms with Crippen LogP contribution in [0.4, 0.5) is 10.5 Å². The first kappa shape index (κ1) is 16.5. The van der Waals surface area contributed by atoms with Crippen LogP contribution in [-0.2, 0) is 4.74 Å². The number of carbonyl (C=O) groups is 2. The normalized spacial score (nSPS) is 10.2. The lowest BCUT2D eigenvalue weighted by atomic mass is 10.0. The van der Waals surface area contributed by atoms with Crippen LogP contribution >= 0.6 is 27.5 Å². The Labute approximate surface area is 140 Å². The van der Waals surface area contributed by atoms with Gasteiger partial charge in [0.1, 0.15) is 5.15 Å². The molecule has 0 spiro atoms. The zero-order chi connectivity index (χ0) is 16.3. The van der Waals surface area contributed by atoms with Crippen molar-refractivity contribution in [3.63, 3.8) is 0 Å². The molecule has 5 nitrogen and oxygen atoms in total. The molecular formula is C15H12BrClN2O3. The van der Waals surface area contributed by atoms with E-state index in [0.29, 0.717) is 27.0 Å². The average molecular weight is 384 g/mol. The number of hydrogen-bond acceptors (Lipinski definition) is 4. The van der Waals surface area contributed by atoms with Gasteiger partial charge < -0.3 is 4.74 Å². The number of halogens is 2. The number of anilines is 1. The summed E-state index contributed by atoms with van der Waals surface area (Å²) in [6.07, 6.45) is -0.612. The minimum atomic E-state index is -0.612. The Balaban J connectivity index is 2.38. The standard InChI is InChI=1S/C15H12BrClN2O3/c1-8-3-9(6-13(17)18-8)14(20)10-4-11(16)7-12(5-10)19-15(21)22-2/h3-7H,1-2H3,(H,19,21). The Morgan fingerprint density at radius 1 is 1.18 bits per heavy atom. The summed E-state index contributed by atoms with van der Waals surface area (Å²) in [6.45, 7) is 1.76. The lowest BCUT2D eigenvalue weighted by Crippen LogP contribution is -2.12. The number of rotatable bonds is 3. The number of benzene rings is 1. The number of ketones is 1. The quantitative estimate of drug-likeness (QED) is 0.636. The van der Waals surface area contributed by atoms with Crippen LogP contribution in [0.3, 0.4) is 0 Å². The molecular weight excluding hydrogens is 372 g/mol. The van der Waals surface area contributed by atoms with Gasteiger partial charge >= 0.3 is 6.09 Å². The number of aromatic nitrogens is 1. The van der Waals surface area contributed by atoms with Crippen molar-refractivity contribution in [2.45, 2.75) is 6.92 Å². The van der Waals surface area contributed by atoms with Crippen LogP contribution in [0.15, 0.2) is 34.8 Å². The van der Waals surface area contributed by atoms with Crippen molar-refractivity contribution in [2.24, 2.45) is 0 Å². The third kappa shape index (κ3) is 4.05. The smallest absolute Gasteiger partial charge is 0.411 e. The monoisotopic (exact) mass is 382 g/mol. The number of carbonyl (C=O) groups excluding carboxylic acids is 2. The van der Waals surface area contributed by atoms with Crippen LogP contribution in [0.25, 0.3) is 0 Å². The fourth-order valence-electron chi connectivity index (χ4n) is 1.89. The molecule has 0 aliphatic carbocycles. The zero-order valence-electron chi connectivity index (χ0n) is 11.8. The molecule has 0 radical (unpaired) electrons. The summed E-state index contributed by atoms with van der Waals surface area (Å²) in [4.78, 5) is 27.9. The van der Waals surface area contributed by atoms with Gasteiger partial charge in [0.25, 0.3) is 0 Å². The number of amides is 1. The van der Waals surface area contributed by atoms with Gasteiger partial charge in [0, 0.05) is 27.0 Å². The van der Waals surface area contributed by atoms with E-state index < -0.39 is 6.09 Å². The molecule has 0 bridgehead atoms. The summed E-state index contributed by atoms with van der Waals surface area (Å²) in [5, 5.41) is 2.78. The third-order valence-corrected chi connectivity index (χ3v) is 3.43. The number of aryl methyl sites for hydroxylation is 1. The molecule has 0 saturated heterocycles. The molecule has 22 heavy (non-hydrogen) atoms. The van der Waals surface area contributed by atoms with E-state index in [-0.39, 0.29) is 10.9 Å². The van der Waals surface area contributed by atoms with Crippen LogP contribution in [0, 0.1) is 6.92 Å². The molecule has 0 atom stereocenters. The Morgan fingerprint density at radius 2 is 1.86 bits per heavy atom. The molecule has 0 fully saturated rings. The molecule has 114 valence electrons. The third-order valence-electron chi connectivity index (χ3n) is 2.78. The summed E-state index contributed by atoms with van der Waals surface area (Å²) in [5.41, 5.74) is 1.93. The van der Waals surface area contributed by atoms with E-state index in [0.717, 1.165) is 0 Å². The van der Waals surface area contributed by atoms with E-state index in [4.69, 9.17) is 11.6 Å². The van der Waals surface area contributed by atoms with E-state index in [1.54, 1.807) is 31.2 Å². The maximum Gasteiger partial charge on any atom is 0.411 e. The van der Waals surface area contributed by atoms with Gasteiger partial charge in [0.05, 0.1) is 7.11 Å². The largest absolute Gasteiger partial charge is 0.453 e. The molecule has 1 aromatic heterocycles. The molecule has 1 heterocycles. The molecule has 0 unspecified atom stereocenters. The van der Waals surface area contributed by atoms with Gasteiger partial charge in [-0.15, -0.1) is 0 Å². The average Bonchev–Trinajstić information content (AvgIpc) is 2.44. The highest BCUT2D eigenvalue weighted by molar-refractivity contribution is 9.10. The molecule has 1 N–H and O–H groups in total. The summed E-state index contributed by atoms with van der Waals surface area (Å²) >= 11 is 9.20. The number of nitrogens with one attached hydrogen (secondary N) is 1. The van der Waals surface area contributed by atoms with Gasteiger partial charge in [-0.25, -0.2) is 9.78 Å². The number of pyridine rings is 1. The molecule has 2 aromatic rings. The minimum Gasteiger partial charge on any atom is -0.453 e. The molecule has 2 rings (SSSR count). The van der Waals surface area contributed by atoms with Crippen LogP contribution in [0.5, 0.6) is 0 Å². The van der Waals surface area contributed by atoms with E-state index in [1.165, 1.54) is 13.2 Å². The van der Waals surface area contributed by atoms with Crippen molar-refractivity contribution in [3.05, 3.63) is 56.8 Å². The second-order valence-electron chi connectivity index (χ2n) is 4.49.